The van der Waals surface area contributed by atoms with Crippen LogP contribution in [0.1, 0.15) is 5.69 Å². The predicted molar refractivity (Wildman–Crippen MR) is 89.2 cm³/mol. The third kappa shape index (κ3) is 2.70. The molecule has 0 unspecified atom stereocenters. The molecule has 0 saturated heterocycles. The van der Waals surface area contributed by atoms with Crippen LogP contribution in [0.2, 0.25) is 0 Å². The predicted octanol–water partition coefficient (Wildman–Crippen LogP) is 3.05. The lowest BCUT2D eigenvalue weighted by atomic mass is 10.2. The van der Waals surface area contributed by atoms with E-state index < -0.39 is 0 Å². The summed E-state index contributed by atoms with van der Waals surface area (Å²) in [6, 6.07) is 9.41. The van der Waals surface area contributed by atoms with Crippen LogP contribution in [0, 0.1) is 0 Å². The molecule has 1 N–H and O–H groups in total. The van der Waals surface area contributed by atoms with Crippen molar-refractivity contribution in [2.24, 2.45) is 0 Å². The van der Waals surface area contributed by atoms with Crippen molar-refractivity contribution >= 4 is 23.1 Å². The minimum Gasteiger partial charge on any atom is -0.317 e. The summed E-state index contributed by atoms with van der Waals surface area (Å²) < 4.78 is 1.96. The third-order valence-electron chi connectivity index (χ3n) is 3.85. The van der Waals surface area contributed by atoms with Gasteiger partial charge >= 0.3 is 6.03 Å². The Morgan fingerprint density at radius 1 is 1.22 bits per heavy atom. The Kier molecular flexibility index (Phi) is 3.55. The second-order valence-corrected chi connectivity index (χ2v) is 6.18. The largest absolute Gasteiger partial charge is 0.322 e. The van der Waals surface area contributed by atoms with Gasteiger partial charge in [-0.15, -0.1) is 11.3 Å². The topological polar surface area (TPSA) is 63.1 Å². The molecule has 1 aromatic carbocycles. The van der Waals surface area contributed by atoms with E-state index in [9.17, 15) is 4.79 Å². The number of hydrogen-bond donors (Lipinski definition) is 1. The molecule has 0 spiro atoms. The van der Waals surface area contributed by atoms with Gasteiger partial charge in [0.05, 0.1) is 30.5 Å². The van der Waals surface area contributed by atoms with Gasteiger partial charge in [-0.3, -0.25) is 4.68 Å². The van der Waals surface area contributed by atoms with E-state index >= 15 is 0 Å². The Balaban J connectivity index is 1.54. The minimum atomic E-state index is -0.0891. The Morgan fingerprint density at radius 2 is 2.09 bits per heavy atom. The Hall–Kier alpha value is -2.67. The van der Waals surface area contributed by atoms with Gasteiger partial charge in [-0.2, -0.15) is 5.10 Å². The number of nitrogens with one attached hydrogen (secondary N) is 1. The van der Waals surface area contributed by atoms with Crippen molar-refractivity contribution in [3.05, 3.63) is 53.8 Å². The van der Waals surface area contributed by atoms with E-state index in [-0.39, 0.29) is 6.03 Å². The lowest BCUT2D eigenvalue weighted by molar-refractivity contribution is 0.194. The highest BCUT2D eigenvalue weighted by atomic mass is 32.1. The molecular weight excluding hydrogens is 310 g/mol. The van der Waals surface area contributed by atoms with Gasteiger partial charge in [0, 0.05) is 23.8 Å². The molecule has 0 radical (unpaired) electrons. The van der Waals surface area contributed by atoms with E-state index in [2.05, 4.69) is 15.4 Å². The second kappa shape index (κ2) is 5.85. The summed E-state index contributed by atoms with van der Waals surface area (Å²) in [6.45, 7) is 1.88. The number of urea groups is 1. The van der Waals surface area contributed by atoms with E-state index in [1.54, 1.807) is 22.4 Å². The van der Waals surface area contributed by atoms with Crippen LogP contribution in [0.4, 0.5) is 10.5 Å². The highest BCUT2D eigenvalue weighted by molar-refractivity contribution is 7.13. The van der Waals surface area contributed by atoms with E-state index in [4.69, 9.17) is 0 Å². The fourth-order valence-corrected chi connectivity index (χ4v) is 3.35. The molecule has 4 rings (SSSR count). The number of hydrogen-bond acceptors (Lipinski definition) is 4. The maximum atomic E-state index is 12.5. The summed E-state index contributed by atoms with van der Waals surface area (Å²) >= 11 is 1.58. The Labute approximate surface area is 137 Å². The zero-order chi connectivity index (χ0) is 15.6. The highest BCUT2D eigenvalue weighted by Crippen LogP contribution is 2.28. The van der Waals surface area contributed by atoms with Crippen molar-refractivity contribution in [2.45, 2.75) is 13.1 Å². The summed E-state index contributed by atoms with van der Waals surface area (Å²) in [5.74, 6) is 0. The van der Waals surface area contributed by atoms with Crippen molar-refractivity contribution in [1.29, 1.82) is 0 Å². The molecule has 0 aliphatic carbocycles. The van der Waals surface area contributed by atoms with Gasteiger partial charge in [-0.1, -0.05) is 18.2 Å². The van der Waals surface area contributed by atoms with Crippen molar-refractivity contribution in [3.63, 3.8) is 0 Å². The number of carbonyl (C=O) groups is 1. The summed E-state index contributed by atoms with van der Waals surface area (Å²) in [5.41, 5.74) is 2.85. The zero-order valence-corrected chi connectivity index (χ0v) is 13.2. The molecule has 6 nitrogen and oxygen atoms in total. The van der Waals surface area contributed by atoms with Crippen molar-refractivity contribution in [2.75, 3.05) is 11.9 Å². The molecule has 23 heavy (non-hydrogen) atoms. The number of anilines is 1. The molecule has 7 heteroatoms. The number of thiazole rings is 1. The van der Waals surface area contributed by atoms with Crippen LogP contribution >= 0.6 is 11.3 Å². The van der Waals surface area contributed by atoms with E-state index in [0.29, 0.717) is 19.6 Å². The number of nitrogens with zero attached hydrogens (tertiary/aromatic N) is 4. The van der Waals surface area contributed by atoms with Gasteiger partial charge in [-0.05, 0) is 12.1 Å². The Morgan fingerprint density at radius 3 is 2.87 bits per heavy atom. The number of para-hydroxylation sites is 1. The highest BCUT2D eigenvalue weighted by Gasteiger charge is 2.25. The monoisotopic (exact) mass is 325 g/mol. The molecule has 0 bridgehead atoms. The van der Waals surface area contributed by atoms with Gasteiger partial charge in [0.1, 0.15) is 5.01 Å². The number of aromatic nitrogens is 3. The summed E-state index contributed by atoms with van der Waals surface area (Å²) in [6.07, 6.45) is 3.62. The quantitative estimate of drug-likeness (QED) is 0.787. The van der Waals surface area contributed by atoms with Crippen LogP contribution in [-0.4, -0.2) is 32.2 Å². The fourth-order valence-electron chi connectivity index (χ4n) is 2.68. The Bertz CT molecular complexity index is 812. The molecule has 0 saturated carbocycles. The first-order valence-corrected chi connectivity index (χ1v) is 8.25. The van der Waals surface area contributed by atoms with Gasteiger partial charge in [0.15, 0.2) is 0 Å². The number of fused-ring (bicyclic) bond motifs is 1. The molecule has 3 heterocycles. The van der Waals surface area contributed by atoms with Gasteiger partial charge in [-0.25, -0.2) is 9.78 Å². The van der Waals surface area contributed by atoms with Gasteiger partial charge in [0.25, 0.3) is 0 Å². The summed E-state index contributed by atoms with van der Waals surface area (Å²) in [7, 11) is 0. The molecular formula is C16H15N5OS. The fraction of sp³-hybridized carbons (Fsp3) is 0.188. The standard InChI is InChI=1S/C16H15N5OS/c22-16(19-12-4-2-1-3-5-12)20-7-8-21-14(11-20)13(10-18-21)15-17-6-9-23-15/h1-6,9-10H,7-8,11H2,(H,19,22). The molecule has 2 amide bonds. The molecule has 116 valence electrons. The van der Waals surface area contributed by atoms with Gasteiger partial charge < -0.3 is 10.2 Å². The number of rotatable bonds is 2. The van der Waals surface area contributed by atoms with Gasteiger partial charge in [0.2, 0.25) is 0 Å². The van der Waals surface area contributed by atoms with Crippen LogP contribution in [0.25, 0.3) is 10.6 Å². The number of amides is 2. The second-order valence-electron chi connectivity index (χ2n) is 5.28. The molecule has 1 aliphatic heterocycles. The lowest BCUT2D eigenvalue weighted by Crippen LogP contribution is -2.41. The number of benzene rings is 1. The molecule has 2 aromatic heterocycles. The molecule has 3 aromatic rings. The average molecular weight is 325 g/mol. The van der Waals surface area contributed by atoms with E-state index in [0.717, 1.165) is 22.0 Å². The summed E-state index contributed by atoms with van der Waals surface area (Å²) in [4.78, 5) is 18.6. The van der Waals surface area contributed by atoms with E-state index in [1.807, 2.05) is 46.6 Å². The smallest absolute Gasteiger partial charge is 0.317 e. The van der Waals surface area contributed by atoms with Crippen molar-refractivity contribution in [3.8, 4) is 10.6 Å². The lowest BCUT2D eigenvalue weighted by Gasteiger charge is -2.28. The third-order valence-corrected chi connectivity index (χ3v) is 4.65. The average Bonchev–Trinajstić information content (AvgIpc) is 3.24. The van der Waals surface area contributed by atoms with Crippen molar-refractivity contribution < 1.29 is 4.79 Å². The van der Waals surface area contributed by atoms with Crippen LogP contribution in [-0.2, 0) is 13.1 Å². The molecule has 0 fully saturated rings. The number of carbonyl (C=O) groups excluding carboxylic acids is 1. The first kappa shape index (κ1) is 14.0. The van der Waals surface area contributed by atoms with Crippen molar-refractivity contribution in [1.82, 2.24) is 19.7 Å². The SMILES string of the molecule is O=C(Nc1ccccc1)N1CCn2ncc(-c3nccs3)c2C1. The normalized spacial score (nSPS) is 13.7. The maximum absolute atomic E-state index is 12.5. The maximum Gasteiger partial charge on any atom is 0.322 e. The first-order chi connectivity index (χ1) is 11.3. The summed E-state index contributed by atoms with van der Waals surface area (Å²) in [5, 5.41) is 10.2. The van der Waals surface area contributed by atoms with Crippen LogP contribution in [0.15, 0.2) is 48.1 Å². The first-order valence-electron chi connectivity index (χ1n) is 7.37. The van der Waals surface area contributed by atoms with E-state index in [1.165, 1.54) is 0 Å². The zero-order valence-electron chi connectivity index (χ0n) is 12.3. The minimum absolute atomic E-state index is 0.0891. The van der Waals surface area contributed by atoms with Crippen LogP contribution in [0.5, 0.6) is 0 Å². The molecule has 1 aliphatic rings. The van der Waals surface area contributed by atoms with Crippen LogP contribution < -0.4 is 5.32 Å². The van der Waals surface area contributed by atoms with Crippen LogP contribution in [0.3, 0.4) is 0 Å². The molecule has 0 atom stereocenters.